The van der Waals surface area contributed by atoms with E-state index in [9.17, 15) is 5.11 Å². The van der Waals surface area contributed by atoms with Crippen molar-refractivity contribution in [1.29, 1.82) is 0 Å². The summed E-state index contributed by atoms with van der Waals surface area (Å²) in [6.07, 6.45) is 0. The topological polar surface area (TPSA) is 65.6 Å². The van der Waals surface area contributed by atoms with Crippen LogP contribution in [0.15, 0.2) is 16.5 Å². The monoisotopic (exact) mass is 227 g/mol. The van der Waals surface area contributed by atoms with E-state index in [2.05, 4.69) is 5.32 Å². The van der Waals surface area contributed by atoms with Crippen molar-refractivity contribution in [3.8, 4) is 0 Å². The van der Waals surface area contributed by atoms with Crippen LogP contribution in [0.3, 0.4) is 0 Å². The Kier molecular flexibility index (Phi) is 3.78. The van der Waals surface area contributed by atoms with E-state index < -0.39 is 11.1 Å². The van der Waals surface area contributed by atoms with E-state index in [4.69, 9.17) is 9.52 Å². The van der Waals surface area contributed by atoms with Crippen LogP contribution in [0.25, 0.3) is 0 Å². The molecule has 0 aliphatic rings. The average molecular weight is 227 g/mol. The van der Waals surface area contributed by atoms with Crippen molar-refractivity contribution in [2.45, 2.75) is 52.0 Å². The van der Waals surface area contributed by atoms with Gasteiger partial charge in [-0.25, -0.2) is 0 Å². The van der Waals surface area contributed by atoms with Crippen molar-refractivity contribution in [2.75, 3.05) is 0 Å². The standard InChI is InChI=1S/C12H21NO3/c1-11(2,12(3,4)15)13-7-9-5-6-10(8-14)16-9/h5-6,13-15H,7-8H2,1-4H3. The predicted octanol–water partition coefficient (Wildman–Crippen LogP) is 1.41. The number of hydrogen-bond acceptors (Lipinski definition) is 4. The molecule has 0 bridgehead atoms. The first kappa shape index (κ1) is 13.2. The third-order valence-corrected chi connectivity index (χ3v) is 3.11. The van der Waals surface area contributed by atoms with E-state index in [1.54, 1.807) is 19.9 Å². The van der Waals surface area contributed by atoms with Gasteiger partial charge < -0.3 is 19.9 Å². The molecule has 1 rings (SSSR count). The fourth-order valence-corrected chi connectivity index (χ4v) is 1.13. The van der Waals surface area contributed by atoms with Crippen molar-refractivity contribution in [3.63, 3.8) is 0 Å². The Bertz CT molecular complexity index is 336. The molecule has 1 aromatic heterocycles. The number of rotatable bonds is 5. The van der Waals surface area contributed by atoms with E-state index in [-0.39, 0.29) is 6.61 Å². The molecule has 0 unspecified atom stereocenters. The molecule has 0 saturated carbocycles. The van der Waals surface area contributed by atoms with E-state index in [0.29, 0.717) is 12.3 Å². The van der Waals surface area contributed by atoms with Gasteiger partial charge in [0.25, 0.3) is 0 Å². The van der Waals surface area contributed by atoms with Crippen LogP contribution in [-0.4, -0.2) is 21.4 Å². The lowest BCUT2D eigenvalue weighted by Gasteiger charge is -2.38. The van der Waals surface area contributed by atoms with Crippen molar-refractivity contribution >= 4 is 0 Å². The molecule has 0 fully saturated rings. The van der Waals surface area contributed by atoms with Gasteiger partial charge in [-0.1, -0.05) is 0 Å². The van der Waals surface area contributed by atoms with Gasteiger partial charge in [-0.3, -0.25) is 0 Å². The molecule has 16 heavy (non-hydrogen) atoms. The lowest BCUT2D eigenvalue weighted by molar-refractivity contribution is -0.00609. The van der Waals surface area contributed by atoms with E-state index in [0.717, 1.165) is 5.76 Å². The first-order valence-corrected chi connectivity index (χ1v) is 5.42. The molecule has 0 aromatic carbocycles. The summed E-state index contributed by atoms with van der Waals surface area (Å²) in [5.74, 6) is 1.30. The molecule has 4 heteroatoms. The zero-order valence-corrected chi connectivity index (χ0v) is 10.4. The minimum atomic E-state index is -0.820. The van der Waals surface area contributed by atoms with Crippen LogP contribution < -0.4 is 5.32 Å². The van der Waals surface area contributed by atoms with Crippen LogP contribution in [0.1, 0.15) is 39.2 Å². The number of nitrogens with one attached hydrogen (secondary N) is 1. The highest BCUT2D eigenvalue weighted by molar-refractivity contribution is 5.07. The van der Waals surface area contributed by atoms with Crippen LogP contribution in [0, 0.1) is 0 Å². The van der Waals surface area contributed by atoms with Crippen molar-refractivity contribution in [1.82, 2.24) is 5.32 Å². The second-order valence-corrected chi connectivity index (χ2v) is 5.06. The highest BCUT2D eigenvalue weighted by Gasteiger charge is 2.34. The summed E-state index contributed by atoms with van der Waals surface area (Å²) >= 11 is 0. The van der Waals surface area contributed by atoms with Crippen molar-refractivity contribution in [2.24, 2.45) is 0 Å². The number of aliphatic hydroxyl groups excluding tert-OH is 1. The van der Waals surface area contributed by atoms with Gasteiger partial charge in [0.1, 0.15) is 18.1 Å². The normalized spacial score (nSPS) is 13.1. The molecule has 0 aliphatic heterocycles. The highest BCUT2D eigenvalue weighted by atomic mass is 16.4. The molecular weight excluding hydrogens is 206 g/mol. The largest absolute Gasteiger partial charge is 0.462 e. The van der Waals surface area contributed by atoms with E-state index in [1.807, 2.05) is 19.9 Å². The molecule has 3 N–H and O–H groups in total. The van der Waals surface area contributed by atoms with Crippen LogP contribution >= 0.6 is 0 Å². The molecule has 1 heterocycles. The summed E-state index contributed by atoms with van der Waals surface area (Å²) in [6, 6.07) is 3.56. The summed E-state index contributed by atoms with van der Waals surface area (Å²) in [5.41, 5.74) is -1.24. The smallest absolute Gasteiger partial charge is 0.129 e. The number of furan rings is 1. The molecule has 0 atom stereocenters. The minimum Gasteiger partial charge on any atom is -0.462 e. The Hall–Kier alpha value is -0.840. The zero-order valence-electron chi connectivity index (χ0n) is 10.4. The fourth-order valence-electron chi connectivity index (χ4n) is 1.13. The van der Waals surface area contributed by atoms with Crippen LogP contribution in [0.5, 0.6) is 0 Å². The summed E-state index contributed by atoms with van der Waals surface area (Å²) in [4.78, 5) is 0. The molecule has 0 radical (unpaired) electrons. The van der Waals surface area contributed by atoms with Gasteiger partial charge in [-0.15, -0.1) is 0 Å². The Balaban J connectivity index is 2.57. The quantitative estimate of drug-likeness (QED) is 0.711. The number of hydrogen-bond donors (Lipinski definition) is 3. The maximum atomic E-state index is 9.94. The third-order valence-electron chi connectivity index (χ3n) is 3.11. The van der Waals surface area contributed by atoms with Gasteiger partial charge in [0.05, 0.1) is 12.1 Å². The lowest BCUT2D eigenvalue weighted by atomic mass is 9.86. The van der Waals surface area contributed by atoms with E-state index in [1.165, 1.54) is 0 Å². The first-order chi connectivity index (χ1) is 7.26. The van der Waals surface area contributed by atoms with Crippen LogP contribution in [-0.2, 0) is 13.2 Å². The van der Waals surface area contributed by atoms with Crippen LogP contribution in [0.4, 0.5) is 0 Å². The lowest BCUT2D eigenvalue weighted by Crippen LogP contribution is -2.55. The summed E-state index contributed by atoms with van der Waals surface area (Å²) < 4.78 is 5.35. The summed E-state index contributed by atoms with van der Waals surface area (Å²) in [7, 11) is 0. The molecule has 0 amide bonds. The third kappa shape index (κ3) is 3.07. The Morgan fingerprint density at radius 1 is 1.19 bits per heavy atom. The second kappa shape index (κ2) is 4.57. The molecule has 0 saturated heterocycles. The second-order valence-electron chi connectivity index (χ2n) is 5.06. The fraction of sp³-hybridized carbons (Fsp3) is 0.667. The van der Waals surface area contributed by atoms with E-state index >= 15 is 0 Å². The van der Waals surface area contributed by atoms with Gasteiger partial charge in [0.2, 0.25) is 0 Å². The Labute approximate surface area is 96.3 Å². The minimum absolute atomic E-state index is 0.0884. The summed E-state index contributed by atoms with van der Waals surface area (Å²) in [6.45, 7) is 7.83. The molecular formula is C12H21NO3. The average Bonchev–Trinajstić information content (AvgIpc) is 2.60. The van der Waals surface area contributed by atoms with Gasteiger partial charge in [0, 0.05) is 5.54 Å². The number of aliphatic hydroxyl groups is 2. The summed E-state index contributed by atoms with van der Waals surface area (Å²) in [5, 5.41) is 22.0. The van der Waals surface area contributed by atoms with Crippen molar-refractivity contribution < 1.29 is 14.6 Å². The predicted molar refractivity (Wildman–Crippen MR) is 61.8 cm³/mol. The maximum absolute atomic E-state index is 9.94. The Morgan fingerprint density at radius 3 is 2.19 bits per heavy atom. The highest BCUT2D eigenvalue weighted by Crippen LogP contribution is 2.21. The molecule has 92 valence electrons. The van der Waals surface area contributed by atoms with Crippen LogP contribution in [0.2, 0.25) is 0 Å². The van der Waals surface area contributed by atoms with Gasteiger partial charge in [-0.2, -0.15) is 0 Å². The van der Waals surface area contributed by atoms with Crippen molar-refractivity contribution in [3.05, 3.63) is 23.7 Å². The molecule has 4 nitrogen and oxygen atoms in total. The van der Waals surface area contributed by atoms with Gasteiger partial charge in [0.15, 0.2) is 0 Å². The zero-order chi connectivity index (χ0) is 12.4. The van der Waals surface area contributed by atoms with Gasteiger partial charge >= 0.3 is 0 Å². The molecule has 0 aliphatic carbocycles. The Morgan fingerprint density at radius 2 is 1.75 bits per heavy atom. The maximum Gasteiger partial charge on any atom is 0.129 e. The molecule has 0 spiro atoms. The first-order valence-electron chi connectivity index (χ1n) is 5.42. The molecule has 1 aromatic rings. The SMILES string of the molecule is CC(C)(O)C(C)(C)NCc1ccc(CO)o1. The van der Waals surface area contributed by atoms with Gasteiger partial charge in [-0.05, 0) is 39.8 Å².